The maximum atomic E-state index is 13.6. The van der Waals surface area contributed by atoms with Crippen LogP contribution < -0.4 is 10.1 Å². The van der Waals surface area contributed by atoms with Gasteiger partial charge < -0.3 is 24.4 Å². The van der Waals surface area contributed by atoms with E-state index in [1.807, 2.05) is 24.3 Å². The average Bonchev–Trinajstić information content (AvgIpc) is 3.51. The van der Waals surface area contributed by atoms with Crippen LogP contribution in [-0.2, 0) is 33.2 Å². The highest BCUT2D eigenvalue weighted by atomic mass is 32.2. The zero-order chi connectivity index (χ0) is 34.2. The molecular formula is C32H33N5O10S. The van der Waals surface area contributed by atoms with Crippen molar-refractivity contribution in [3.8, 4) is 5.75 Å². The maximum absolute atomic E-state index is 13.6. The highest BCUT2D eigenvalue weighted by Crippen LogP contribution is 2.33. The van der Waals surface area contributed by atoms with E-state index >= 15 is 0 Å². The predicted octanol–water partition coefficient (Wildman–Crippen LogP) is 4.66. The van der Waals surface area contributed by atoms with Crippen molar-refractivity contribution in [3.63, 3.8) is 0 Å². The Hall–Kier alpha value is -5.38. The van der Waals surface area contributed by atoms with Gasteiger partial charge in [0.2, 0.25) is 5.91 Å². The number of non-ortho nitro benzene ring substituents is 2. The van der Waals surface area contributed by atoms with Gasteiger partial charge in [-0.25, -0.2) is 9.59 Å². The Bertz CT molecular complexity index is 1630. The number of alkyl carbamates (subject to hydrolysis) is 1. The predicted molar refractivity (Wildman–Crippen MR) is 173 cm³/mol. The number of amides is 3. The molecule has 2 aliphatic rings. The Labute approximate surface area is 279 Å². The minimum absolute atomic E-state index is 0.0439. The van der Waals surface area contributed by atoms with E-state index < -0.39 is 28.1 Å². The van der Waals surface area contributed by atoms with E-state index in [0.29, 0.717) is 29.8 Å². The molecule has 5 rings (SSSR count). The highest BCUT2D eigenvalue weighted by Gasteiger charge is 2.45. The van der Waals surface area contributed by atoms with Crippen LogP contribution in [-0.4, -0.2) is 81.8 Å². The van der Waals surface area contributed by atoms with E-state index in [2.05, 4.69) is 5.32 Å². The molecule has 0 spiro atoms. The fraction of sp³-hybridized carbons (Fsp3) is 0.344. The fourth-order valence-corrected chi connectivity index (χ4v) is 6.47. The molecule has 2 aliphatic heterocycles. The van der Waals surface area contributed by atoms with Crippen LogP contribution in [0.25, 0.3) is 0 Å². The Kier molecular flexibility index (Phi) is 10.9. The van der Waals surface area contributed by atoms with E-state index in [1.54, 1.807) is 23.8 Å². The summed E-state index contributed by atoms with van der Waals surface area (Å²) in [4.78, 5) is 62.9. The molecular weight excluding hydrogens is 646 g/mol. The van der Waals surface area contributed by atoms with Crippen LogP contribution in [0, 0.1) is 20.2 Å². The number of ether oxygens (including phenoxy) is 3. The van der Waals surface area contributed by atoms with Crippen molar-refractivity contribution in [2.45, 2.75) is 42.7 Å². The Morgan fingerprint density at radius 1 is 0.812 bits per heavy atom. The monoisotopic (exact) mass is 679 g/mol. The third-order valence-electron chi connectivity index (χ3n) is 7.97. The molecule has 2 atom stereocenters. The largest absolute Gasteiger partial charge is 0.497 e. The molecule has 3 amide bonds. The molecule has 252 valence electrons. The lowest BCUT2D eigenvalue weighted by Gasteiger charge is -2.41. The van der Waals surface area contributed by atoms with Gasteiger partial charge in [-0.15, -0.1) is 0 Å². The SMILES string of the molecule is COc1ccc(CSC2CC(C(=O)N3CC(NC(=O)OCc4ccc([N+](=O)[O-])cc4)C3)N(C(=O)OCc3ccc([N+](=O)[O-])cc3)C2)cc1. The Morgan fingerprint density at radius 2 is 1.35 bits per heavy atom. The smallest absolute Gasteiger partial charge is 0.410 e. The molecule has 0 radical (unpaired) electrons. The summed E-state index contributed by atoms with van der Waals surface area (Å²) in [6.45, 7) is 0.568. The third-order valence-corrected chi connectivity index (χ3v) is 9.28. The van der Waals surface area contributed by atoms with Gasteiger partial charge in [-0.3, -0.25) is 29.9 Å². The summed E-state index contributed by atoms with van der Waals surface area (Å²) >= 11 is 1.63. The summed E-state index contributed by atoms with van der Waals surface area (Å²) in [5.74, 6) is 1.16. The summed E-state index contributed by atoms with van der Waals surface area (Å²) in [7, 11) is 1.60. The molecule has 2 heterocycles. The van der Waals surface area contributed by atoms with Crippen molar-refractivity contribution < 1.29 is 38.4 Å². The van der Waals surface area contributed by atoms with Gasteiger partial charge >= 0.3 is 12.2 Å². The molecule has 0 bridgehead atoms. The number of hydrogen-bond donors (Lipinski definition) is 1. The lowest BCUT2D eigenvalue weighted by Crippen LogP contribution is -2.64. The molecule has 0 saturated carbocycles. The van der Waals surface area contributed by atoms with E-state index in [1.165, 1.54) is 53.4 Å². The normalized spacial score (nSPS) is 17.3. The number of nitro groups is 2. The van der Waals surface area contributed by atoms with Gasteiger partial charge in [-0.05, 0) is 59.5 Å². The first-order valence-corrected chi connectivity index (χ1v) is 16.0. The van der Waals surface area contributed by atoms with Gasteiger partial charge in [0.15, 0.2) is 0 Å². The summed E-state index contributed by atoms with van der Waals surface area (Å²) in [6.07, 6.45) is -0.930. The van der Waals surface area contributed by atoms with Crippen molar-refractivity contribution in [1.82, 2.24) is 15.1 Å². The van der Waals surface area contributed by atoms with Crippen LogP contribution in [0.3, 0.4) is 0 Å². The number of carbonyl (C=O) groups is 3. The minimum atomic E-state index is -0.766. The van der Waals surface area contributed by atoms with Crippen LogP contribution in [0.15, 0.2) is 72.8 Å². The summed E-state index contributed by atoms with van der Waals surface area (Å²) in [6, 6.07) is 17.9. The van der Waals surface area contributed by atoms with Gasteiger partial charge in [-0.1, -0.05) is 12.1 Å². The molecule has 3 aromatic carbocycles. The first-order valence-electron chi connectivity index (χ1n) is 15.0. The van der Waals surface area contributed by atoms with Crippen molar-refractivity contribution in [1.29, 1.82) is 0 Å². The Balaban J connectivity index is 1.15. The standard InChI is InChI=1S/C32H33N5O10S/c1-45-27-12-6-23(7-13-27)20-48-28-14-29(35(17-28)32(40)47-19-22-4-10-26(11-5-22)37(43)44)30(38)34-15-24(16-34)33-31(39)46-18-21-2-8-25(9-3-21)36(41)42/h2-13,24,28-29H,14-20H2,1H3,(H,33,39). The maximum Gasteiger partial charge on any atom is 0.410 e. The van der Waals surface area contributed by atoms with Crippen LogP contribution >= 0.6 is 11.8 Å². The van der Waals surface area contributed by atoms with Crippen LogP contribution in [0.5, 0.6) is 5.75 Å². The second-order valence-corrected chi connectivity index (χ2v) is 12.5. The quantitative estimate of drug-likeness (QED) is 0.207. The molecule has 2 fully saturated rings. The number of likely N-dealkylation sites (tertiary alicyclic amines) is 2. The van der Waals surface area contributed by atoms with E-state index in [9.17, 15) is 34.6 Å². The van der Waals surface area contributed by atoms with Gasteiger partial charge in [0.1, 0.15) is 25.0 Å². The second-order valence-electron chi connectivity index (χ2n) is 11.2. The highest BCUT2D eigenvalue weighted by molar-refractivity contribution is 7.99. The van der Waals surface area contributed by atoms with Gasteiger partial charge in [-0.2, -0.15) is 11.8 Å². The van der Waals surface area contributed by atoms with Crippen LogP contribution in [0.1, 0.15) is 23.1 Å². The topological polar surface area (TPSA) is 184 Å². The number of thioether (sulfide) groups is 1. The zero-order valence-electron chi connectivity index (χ0n) is 25.9. The fourth-order valence-electron chi connectivity index (χ4n) is 5.26. The van der Waals surface area contributed by atoms with Crippen molar-refractivity contribution in [2.24, 2.45) is 0 Å². The van der Waals surface area contributed by atoms with Gasteiger partial charge in [0.25, 0.3) is 11.4 Å². The third kappa shape index (κ3) is 8.70. The number of nitrogens with zero attached hydrogens (tertiary/aromatic N) is 4. The summed E-state index contributed by atoms with van der Waals surface area (Å²) in [5, 5.41) is 24.4. The lowest BCUT2D eigenvalue weighted by atomic mass is 10.1. The first-order chi connectivity index (χ1) is 23.1. The van der Waals surface area contributed by atoms with Gasteiger partial charge in [0, 0.05) is 54.9 Å². The number of nitro benzene ring substituents is 2. The van der Waals surface area contributed by atoms with Crippen molar-refractivity contribution in [3.05, 3.63) is 110 Å². The molecule has 2 saturated heterocycles. The first kappa shape index (κ1) is 34.0. The second kappa shape index (κ2) is 15.5. The number of nitrogens with one attached hydrogen (secondary N) is 1. The zero-order valence-corrected chi connectivity index (χ0v) is 26.7. The molecule has 0 aromatic heterocycles. The number of rotatable bonds is 12. The summed E-state index contributed by atoms with van der Waals surface area (Å²) < 4.78 is 16.0. The van der Waals surface area contributed by atoms with Crippen molar-refractivity contribution in [2.75, 3.05) is 26.7 Å². The molecule has 48 heavy (non-hydrogen) atoms. The Morgan fingerprint density at radius 3 is 1.90 bits per heavy atom. The average molecular weight is 680 g/mol. The lowest BCUT2D eigenvalue weighted by molar-refractivity contribution is -0.385. The van der Waals surface area contributed by atoms with E-state index in [0.717, 1.165) is 11.3 Å². The molecule has 3 aromatic rings. The number of carbonyl (C=O) groups excluding carboxylic acids is 3. The number of hydrogen-bond acceptors (Lipinski definition) is 11. The number of benzene rings is 3. The van der Waals surface area contributed by atoms with Crippen molar-refractivity contribution >= 4 is 41.2 Å². The molecule has 15 nitrogen and oxygen atoms in total. The van der Waals surface area contributed by atoms with Gasteiger partial charge in [0.05, 0.1) is 23.0 Å². The van der Waals surface area contributed by atoms with Crippen LogP contribution in [0.4, 0.5) is 21.0 Å². The molecule has 2 unspecified atom stereocenters. The van der Waals surface area contributed by atoms with E-state index in [4.69, 9.17) is 14.2 Å². The summed E-state index contributed by atoms with van der Waals surface area (Å²) in [5.41, 5.74) is 2.08. The molecule has 0 aliphatic carbocycles. The molecule has 1 N–H and O–H groups in total. The minimum Gasteiger partial charge on any atom is -0.497 e. The van der Waals surface area contributed by atoms with Crippen LogP contribution in [0.2, 0.25) is 0 Å². The van der Waals surface area contributed by atoms with E-state index in [-0.39, 0.29) is 54.9 Å². The number of methoxy groups -OCH3 is 1. The molecule has 16 heteroatoms.